The summed E-state index contributed by atoms with van der Waals surface area (Å²) in [6, 6.07) is 0. The molecule has 2 aromatic heterocycles. The molecule has 16 heavy (non-hydrogen) atoms. The summed E-state index contributed by atoms with van der Waals surface area (Å²) in [5.41, 5.74) is 2.49. The van der Waals surface area contributed by atoms with E-state index in [2.05, 4.69) is 32.8 Å². The van der Waals surface area contributed by atoms with Crippen LogP contribution in [-0.2, 0) is 0 Å². The smallest absolute Gasteiger partial charge is 0.233 e. The maximum Gasteiger partial charge on any atom is 0.233 e. The summed E-state index contributed by atoms with van der Waals surface area (Å²) in [6.07, 6.45) is 8.38. The van der Waals surface area contributed by atoms with Crippen LogP contribution in [0.15, 0.2) is 18.6 Å². The van der Waals surface area contributed by atoms with Gasteiger partial charge in [-0.15, -0.1) is 0 Å². The van der Waals surface area contributed by atoms with Gasteiger partial charge in [-0.1, -0.05) is 0 Å². The lowest BCUT2D eigenvalue weighted by Gasteiger charge is -2.22. The zero-order valence-electron chi connectivity index (χ0n) is 9.48. The molecule has 1 fully saturated rings. The summed E-state index contributed by atoms with van der Waals surface area (Å²) in [5.74, 6) is 1.44. The third-order valence-electron chi connectivity index (χ3n) is 3.28. The average Bonchev–Trinajstić information content (AvgIpc) is 2.73. The molecule has 4 heteroatoms. The monoisotopic (exact) mass is 216 g/mol. The number of aromatic nitrogens is 3. The van der Waals surface area contributed by atoms with Gasteiger partial charge < -0.3 is 5.32 Å². The number of fused-ring (bicyclic) bond motifs is 1. The highest BCUT2D eigenvalue weighted by Gasteiger charge is 2.18. The van der Waals surface area contributed by atoms with E-state index in [-0.39, 0.29) is 0 Å². The average molecular weight is 216 g/mol. The maximum absolute atomic E-state index is 4.37. The van der Waals surface area contributed by atoms with Crippen molar-refractivity contribution in [3.63, 3.8) is 0 Å². The normalized spacial score (nSPS) is 18.1. The van der Waals surface area contributed by atoms with Crippen LogP contribution in [0.1, 0.15) is 30.0 Å². The minimum absolute atomic E-state index is 0.625. The van der Waals surface area contributed by atoms with Crippen molar-refractivity contribution in [2.75, 3.05) is 13.1 Å². The molecule has 4 nitrogen and oxygen atoms in total. The summed E-state index contributed by atoms with van der Waals surface area (Å²) in [7, 11) is 0. The molecule has 1 saturated heterocycles. The van der Waals surface area contributed by atoms with Gasteiger partial charge in [0.25, 0.3) is 0 Å². The number of aryl methyl sites for hydroxylation is 1. The van der Waals surface area contributed by atoms with Crippen molar-refractivity contribution < 1.29 is 0 Å². The van der Waals surface area contributed by atoms with E-state index in [1.165, 1.54) is 24.1 Å². The molecule has 0 amide bonds. The first-order chi connectivity index (χ1) is 7.84. The Morgan fingerprint density at radius 3 is 2.81 bits per heavy atom. The predicted molar refractivity (Wildman–Crippen MR) is 62.6 cm³/mol. The van der Waals surface area contributed by atoms with Crippen molar-refractivity contribution in [2.45, 2.75) is 25.7 Å². The van der Waals surface area contributed by atoms with E-state index in [0.717, 1.165) is 18.9 Å². The summed E-state index contributed by atoms with van der Waals surface area (Å²) in [6.45, 7) is 4.28. The molecule has 0 atom stereocenters. The van der Waals surface area contributed by atoms with Crippen molar-refractivity contribution in [2.24, 2.45) is 0 Å². The molecule has 0 radical (unpaired) electrons. The first kappa shape index (κ1) is 9.78. The Labute approximate surface area is 94.7 Å². The minimum atomic E-state index is 0.625. The fourth-order valence-corrected chi connectivity index (χ4v) is 2.41. The largest absolute Gasteiger partial charge is 0.317 e. The van der Waals surface area contributed by atoms with E-state index in [4.69, 9.17) is 0 Å². The minimum Gasteiger partial charge on any atom is -0.317 e. The van der Waals surface area contributed by atoms with Gasteiger partial charge in [0.1, 0.15) is 0 Å². The zero-order chi connectivity index (χ0) is 11.0. The van der Waals surface area contributed by atoms with Crippen LogP contribution in [0.3, 0.4) is 0 Å². The third-order valence-corrected chi connectivity index (χ3v) is 3.28. The van der Waals surface area contributed by atoms with E-state index in [1.54, 1.807) is 0 Å². The number of imidazole rings is 1. The highest BCUT2D eigenvalue weighted by atomic mass is 15.1. The Morgan fingerprint density at radius 1 is 1.25 bits per heavy atom. The van der Waals surface area contributed by atoms with Crippen molar-refractivity contribution >= 4 is 5.78 Å². The fraction of sp³-hybridized carbons (Fsp3) is 0.500. The Bertz CT molecular complexity index is 497. The van der Waals surface area contributed by atoms with Crippen LogP contribution in [0.5, 0.6) is 0 Å². The maximum atomic E-state index is 4.37. The molecule has 1 aliphatic heterocycles. The first-order valence-corrected chi connectivity index (χ1v) is 5.85. The Balaban J connectivity index is 2.05. The number of piperidine rings is 1. The van der Waals surface area contributed by atoms with E-state index in [1.807, 2.05) is 12.4 Å². The number of nitrogens with zero attached hydrogens (tertiary/aromatic N) is 3. The summed E-state index contributed by atoms with van der Waals surface area (Å²) in [5, 5.41) is 3.39. The molecular formula is C12H16N4. The van der Waals surface area contributed by atoms with Gasteiger partial charge in [-0.05, 0) is 38.4 Å². The second-order valence-electron chi connectivity index (χ2n) is 4.51. The topological polar surface area (TPSA) is 42.2 Å². The van der Waals surface area contributed by atoms with Crippen LogP contribution >= 0.6 is 0 Å². The lowest BCUT2D eigenvalue weighted by molar-refractivity contribution is 0.451. The van der Waals surface area contributed by atoms with Crippen LogP contribution in [0.2, 0.25) is 0 Å². The third kappa shape index (κ3) is 1.59. The van der Waals surface area contributed by atoms with Crippen LogP contribution in [-0.4, -0.2) is 27.5 Å². The second kappa shape index (κ2) is 3.87. The molecule has 0 unspecified atom stereocenters. The van der Waals surface area contributed by atoms with Gasteiger partial charge in [0.2, 0.25) is 5.78 Å². The van der Waals surface area contributed by atoms with Crippen LogP contribution in [0.25, 0.3) is 5.78 Å². The van der Waals surface area contributed by atoms with Gasteiger partial charge in [0.05, 0.1) is 6.20 Å². The van der Waals surface area contributed by atoms with Crippen molar-refractivity contribution in [3.8, 4) is 0 Å². The van der Waals surface area contributed by atoms with Gasteiger partial charge in [-0.3, -0.25) is 4.40 Å². The quantitative estimate of drug-likeness (QED) is 0.785. The summed E-state index contributed by atoms with van der Waals surface area (Å²) in [4.78, 5) is 8.70. The molecule has 84 valence electrons. The zero-order valence-corrected chi connectivity index (χ0v) is 9.48. The predicted octanol–water partition coefficient (Wildman–Crippen LogP) is 1.50. The lowest BCUT2D eigenvalue weighted by Crippen LogP contribution is -2.27. The van der Waals surface area contributed by atoms with E-state index >= 15 is 0 Å². The van der Waals surface area contributed by atoms with E-state index < -0.39 is 0 Å². The van der Waals surface area contributed by atoms with Gasteiger partial charge in [0.15, 0.2) is 0 Å². The molecule has 3 heterocycles. The van der Waals surface area contributed by atoms with Gasteiger partial charge >= 0.3 is 0 Å². The van der Waals surface area contributed by atoms with Gasteiger partial charge in [-0.2, -0.15) is 0 Å². The van der Waals surface area contributed by atoms with Crippen molar-refractivity contribution in [3.05, 3.63) is 29.8 Å². The number of hydrogen-bond donors (Lipinski definition) is 1. The Hall–Kier alpha value is -1.42. The lowest BCUT2D eigenvalue weighted by atomic mass is 9.95. The van der Waals surface area contributed by atoms with E-state index in [0.29, 0.717) is 5.92 Å². The van der Waals surface area contributed by atoms with Crippen molar-refractivity contribution in [1.29, 1.82) is 0 Å². The molecule has 0 spiro atoms. The van der Waals surface area contributed by atoms with Crippen LogP contribution in [0, 0.1) is 6.92 Å². The standard InChI is InChI=1S/C12H16N4/c1-9-6-14-12-15-7-11(16(12)8-9)10-2-4-13-5-3-10/h6-8,10,13H,2-5H2,1H3. The first-order valence-electron chi connectivity index (χ1n) is 5.85. The molecule has 3 rings (SSSR count). The molecule has 0 saturated carbocycles. The van der Waals surface area contributed by atoms with Gasteiger partial charge in [-0.25, -0.2) is 9.97 Å². The molecule has 0 bridgehead atoms. The highest BCUT2D eigenvalue weighted by Crippen LogP contribution is 2.25. The molecule has 0 aliphatic carbocycles. The Kier molecular flexibility index (Phi) is 2.36. The SMILES string of the molecule is Cc1cnc2ncc(C3CCNCC3)n2c1. The summed E-state index contributed by atoms with van der Waals surface area (Å²) >= 11 is 0. The Morgan fingerprint density at radius 2 is 2.00 bits per heavy atom. The van der Waals surface area contributed by atoms with E-state index in [9.17, 15) is 0 Å². The fourth-order valence-electron chi connectivity index (χ4n) is 2.41. The molecule has 1 aliphatic rings. The van der Waals surface area contributed by atoms with Gasteiger partial charge in [0, 0.05) is 24.0 Å². The number of nitrogens with one attached hydrogen (secondary N) is 1. The molecule has 2 aromatic rings. The second-order valence-corrected chi connectivity index (χ2v) is 4.51. The molecular weight excluding hydrogens is 200 g/mol. The van der Waals surface area contributed by atoms with Crippen LogP contribution in [0.4, 0.5) is 0 Å². The van der Waals surface area contributed by atoms with Crippen molar-refractivity contribution in [1.82, 2.24) is 19.7 Å². The van der Waals surface area contributed by atoms with Crippen LogP contribution < -0.4 is 5.32 Å². The number of hydrogen-bond acceptors (Lipinski definition) is 3. The number of rotatable bonds is 1. The summed E-state index contributed by atoms with van der Waals surface area (Å²) < 4.78 is 2.14. The highest BCUT2D eigenvalue weighted by molar-refractivity contribution is 5.33. The molecule has 0 aromatic carbocycles. The molecule has 1 N–H and O–H groups in total.